The first kappa shape index (κ1) is 20.9. The van der Waals surface area contributed by atoms with E-state index in [1.807, 2.05) is 0 Å². The zero-order chi connectivity index (χ0) is 20.2. The molecule has 0 saturated carbocycles. The molecule has 4 nitrogen and oxygen atoms in total. The van der Waals surface area contributed by atoms with Gasteiger partial charge < -0.3 is 4.74 Å². The van der Waals surface area contributed by atoms with E-state index in [9.17, 15) is 31.1 Å². The maximum atomic E-state index is 12.8. The summed E-state index contributed by atoms with van der Waals surface area (Å²) in [5, 5.41) is -0.372. The molecule has 2 aromatic rings. The summed E-state index contributed by atoms with van der Waals surface area (Å²) in [4.78, 5) is 18.6. The van der Waals surface area contributed by atoms with Gasteiger partial charge >= 0.3 is 12.4 Å². The molecule has 0 saturated heterocycles. The zero-order valence-corrected chi connectivity index (χ0v) is 14.1. The van der Waals surface area contributed by atoms with Gasteiger partial charge in [-0.2, -0.15) is 26.3 Å². The first-order valence-corrected chi connectivity index (χ1v) is 7.79. The van der Waals surface area contributed by atoms with E-state index in [0.29, 0.717) is 12.3 Å². The topological polar surface area (TPSA) is 52.1 Å². The van der Waals surface area contributed by atoms with Crippen LogP contribution in [0.3, 0.4) is 0 Å². The number of aromatic nitrogens is 2. The van der Waals surface area contributed by atoms with Crippen LogP contribution < -0.4 is 4.74 Å². The number of hydrogen-bond donors (Lipinski definition) is 0. The first-order chi connectivity index (χ1) is 12.5. The van der Waals surface area contributed by atoms with Gasteiger partial charge in [0.25, 0.3) is 0 Å². The number of rotatable bonds is 6. The zero-order valence-electron chi connectivity index (χ0n) is 13.4. The molecule has 0 amide bonds. The Morgan fingerprint density at radius 2 is 1.81 bits per heavy atom. The van der Waals surface area contributed by atoms with E-state index < -0.39 is 35.0 Å². The fourth-order valence-corrected chi connectivity index (χ4v) is 2.30. The van der Waals surface area contributed by atoms with Crippen LogP contribution in [0.15, 0.2) is 30.6 Å². The minimum atomic E-state index is -4.76. The highest BCUT2D eigenvalue weighted by Gasteiger charge is 2.36. The van der Waals surface area contributed by atoms with Crippen molar-refractivity contribution in [2.24, 2.45) is 0 Å². The fraction of sp³-hybridized carbons (Fsp3) is 0.312. The minimum Gasteiger partial charge on any atom is -0.477 e. The van der Waals surface area contributed by atoms with E-state index in [1.165, 1.54) is 6.07 Å². The van der Waals surface area contributed by atoms with Gasteiger partial charge in [0.05, 0.1) is 12.2 Å². The first-order valence-electron chi connectivity index (χ1n) is 7.41. The molecule has 0 aromatic carbocycles. The second-order valence-electron chi connectivity index (χ2n) is 5.28. The van der Waals surface area contributed by atoms with Gasteiger partial charge in [-0.3, -0.25) is 9.78 Å². The van der Waals surface area contributed by atoms with Gasteiger partial charge in [0, 0.05) is 24.4 Å². The Bertz CT molecular complexity index is 823. The molecule has 0 aliphatic heterocycles. The molecule has 0 aliphatic rings. The average molecular weight is 413 g/mol. The van der Waals surface area contributed by atoms with E-state index in [-0.39, 0.29) is 30.4 Å². The van der Waals surface area contributed by atoms with Crippen molar-refractivity contribution in [2.45, 2.75) is 25.2 Å². The number of hydrogen-bond acceptors (Lipinski definition) is 4. The lowest BCUT2D eigenvalue weighted by Crippen LogP contribution is -2.15. The summed E-state index contributed by atoms with van der Waals surface area (Å²) in [5.41, 5.74) is -2.88. The number of ether oxygens (including phenoxy) is 1. The third-order valence-corrected chi connectivity index (χ3v) is 3.57. The maximum Gasteiger partial charge on any atom is 0.434 e. The molecule has 0 bridgehead atoms. The van der Waals surface area contributed by atoms with Gasteiger partial charge in [0.1, 0.15) is 5.02 Å². The number of ketones is 1. The Balaban J connectivity index is 1.94. The monoisotopic (exact) mass is 412 g/mol. The molecule has 146 valence electrons. The number of carbonyl (C=O) groups excluding carboxylic acids is 1. The Hall–Kier alpha value is -2.36. The van der Waals surface area contributed by atoms with Crippen LogP contribution in [0.5, 0.6) is 5.88 Å². The highest BCUT2D eigenvalue weighted by Crippen LogP contribution is 2.33. The van der Waals surface area contributed by atoms with Crippen molar-refractivity contribution in [2.75, 3.05) is 6.61 Å². The Morgan fingerprint density at radius 3 is 2.41 bits per heavy atom. The lowest BCUT2D eigenvalue weighted by Gasteiger charge is -2.11. The van der Waals surface area contributed by atoms with Gasteiger partial charge in [-0.25, -0.2) is 4.98 Å². The standard InChI is InChI=1S/C16H11ClF6N2O2/c17-11-7-9(15(18,19)20)8-25-14(11)27-6-2-4-12(26)10-3-1-5-24-13(10)16(21,22)23/h1,3,5,7-8H,2,4,6H2. The number of pyridine rings is 2. The molecule has 0 unspecified atom stereocenters. The second kappa shape index (κ2) is 8.12. The average Bonchev–Trinajstić information content (AvgIpc) is 2.58. The summed E-state index contributed by atoms with van der Waals surface area (Å²) in [6.45, 7) is -0.175. The van der Waals surface area contributed by atoms with Crippen molar-refractivity contribution in [1.29, 1.82) is 0 Å². The van der Waals surface area contributed by atoms with Gasteiger partial charge in [-0.15, -0.1) is 0 Å². The molecule has 0 N–H and O–H groups in total. The van der Waals surface area contributed by atoms with Gasteiger partial charge in [0.15, 0.2) is 11.5 Å². The highest BCUT2D eigenvalue weighted by atomic mass is 35.5. The van der Waals surface area contributed by atoms with Crippen LogP contribution in [-0.4, -0.2) is 22.4 Å². The van der Waals surface area contributed by atoms with Crippen molar-refractivity contribution >= 4 is 17.4 Å². The van der Waals surface area contributed by atoms with Gasteiger partial charge in [-0.05, 0) is 24.6 Å². The van der Waals surface area contributed by atoms with Crippen LogP contribution >= 0.6 is 11.6 Å². The van der Waals surface area contributed by atoms with Crippen molar-refractivity contribution in [3.05, 3.63) is 52.4 Å². The molecule has 2 heterocycles. The number of Topliss-reactive ketones (excluding diaryl/α,β-unsaturated/α-hetero) is 1. The molecule has 0 fully saturated rings. The second-order valence-corrected chi connectivity index (χ2v) is 5.69. The summed E-state index contributed by atoms with van der Waals surface area (Å²) in [6.07, 6.45) is -8.18. The predicted octanol–water partition coefficient (Wildman–Crippen LogP) is 5.21. The molecule has 0 aliphatic carbocycles. The minimum absolute atomic E-state index is 0.00402. The summed E-state index contributed by atoms with van der Waals surface area (Å²) in [7, 11) is 0. The van der Waals surface area contributed by atoms with Crippen molar-refractivity contribution < 1.29 is 35.9 Å². The Kier molecular flexibility index (Phi) is 6.30. The quantitative estimate of drug-likeness (QED) is 0.371. The lowest BCUT2D eigenvalue weighted by molar-refractivity contribution is -0.141. The summed E-state index contributed by atoms with van der Waals surface area (Å²) in [5.74, 6) is -1.06. The molecule has 2 aromatic heterocycles. The van der Waals surface area contributed by atoms with E-state index >= 15 is 0 Å². The number of carbonyl (C=O) groups is 1. The third kappa shape index (κ3) is 5.56. The van der Waals surface area contributed by atoms with E-state index in [0.717, 1.165) is 12.3 Å². The predicted molar refractivity (Wildman–Crippen MR) is 82.5 cm³/mol. The van der Waals surface area contributed by atoms with Crippen molar-refractivity contribution in [1.82, 2.24) is 9.97 Å². The smallest absolute Gasteiger partial charge is 0.434 e. The van der Waals surface area contributed by atoms with E-state index in [1.54, 1.807) is 0 Å². The summed E-state index contributed by atoms with van der Waals surface area (Å²) >= 11 is 5.66. The normalized spacial score (nSPS) is 12.1. The van der Waals surface area contributed by atoms with Crippen molar-refractivity contribution in [3.63, 3.8) is 0 Å². The number of alkyl halides is 6. The van der Waals surface area contributed by atoms with Crippen LogP contribution in [0, 0.1) is 0 Å². The third-order valence-electron chi connectivity index (χ3n) is 3.30. The van der Waals surface area contributed by atoms with E-state index in [2.05, 4.69) is 9.97 Å². The number of halogens is 7. The van der Waals surface area contributed by atoms with Crippen LogP contribution in [0.4, 0.5) is 26.3 Å². The van der Waals surface area contributed by atoms with Crippen LogP contribution in [-0.2, 0) is 12.4 Å². The SMILES string of the molecule is O=C(CCCOc1ncc(C(F)(F)F)cc1Cl)c1cccnc1C(F)(F)F. The molecular weight excluding hydrogens is 402 g/mol. The summed E-state index contributed by atoms with van der Waals surface area (Å²) in [6, 6.07) is 2.87. The molecule has 0 spiro atoms. The Morgan fingerprint density at radius 1 is 1.11 bits per heavy atom. The highest BCUT2D eigenvalue weighted by molar-refractivity contribution is 6.31. The van der Waals surface area contributed by atoms with Crippen LogP contribution in [0.2, 0.25) is 5.02 Å². The summed E-state index contributed by atoms with van der Waals surface area (Å²) < 4.78 is 81.1. The maximum absolute atomic E-state index is 12.8. The molecule has 0 radical (unpaired) electrons. The molecule has 11 heteroatoms. The molecule has 0 atom stereocenters. The lowest BCUT2D eigenvalue weighted by atomic mass is 10.0. The van der Waals surface area contributed by atoms with E-state index in [4.69, 9.17) is 16.3 Å². The largest absolute Gasteiger partial charge is 0.477 e. The fourth-order valence-electron chi connectivity index (χ4n) is 2.08. The number of nitrogens with zero attached hydrogens (tertiary/aromatic N) is 2. The van der Waals surface area contributed by atoms with Crippen LogP contribution in [0.1, 0.15) is 34.5 Å². The van der Waals surface area contributed by atoms with Gasteiger partial charge in [0.2, 0.25) is 5.88 Å². The van der Waals surface area contributed by atoms with Gasteiger partial charge in [-0.1, -0.05) is 11.6 Å². The van der Waals surface area contributed by atoms with Crippen molar-refractivity contribution in [3.8, 4) is 5.88 Å². The molecule has 27 heavy (non-hydrogen) atoms. The van der Waals surface area contributed by atoms with Crippen LogP contribution in [0.25, 0.3) is 0 Å². The molecular formula is C16H11ClF6N2O2. The molecule has 2 rings (SSSR count). The Labute approximate surface area is 154 Å².